The number of benzene rings is 1. The molecule has 0 amide bonds. The van der Waals surface area contributed by atoms with Crippen molar-refractivity contribution in [3.8, 4) is 0 Å². The van der Waals surface area contributed by atoms with Gasteiger partial charge >= 0.3 is 0 Å². The van der Waals surface area contributed by atoms with Gasteiger partial charge in [0.25, 0.3) is 5.69 Å². The van der Waals surface area contributed by atoms with E-state index in [1.54, 1.807) is 12.1 Å². The van der Waals surface area contributed by atoms with Gasteiger partial charge in [-0.1, -0.05) is 12.1 Å². The van der Waals surface area contributed by atoms with Gasteiger partial charge in [0.1, 0.15) is 5.69 Å². The Hall–Kier alpha value is -1.62. The van der Waals surface area contributed by atoms with Gasteiger partial charge in [0.2, 0.25) is 0 Å². The maximum Gasteiger partial charge on any atom is 0.292 e. The van der Waals surface area contributed by atoms with Crippen LogP contribution in [0.1, 0.15) is 0 Å². The Morgan fingerprint density at radius 2 is 1.88 bits per heavy atom. The number of fused-ring (bicyclic) bond motifs is 1. The molecule has 0 bridgehead atoms. The Kier molecular flexibility index (Phi) is 2.48. The number of hydrogen-bond acceptors (Lipinski definition) is 4. The van der Waals surface area contributed by atoms with Crippen LogP contribution < -0.4 is 10.2 Å². The maximum atomic E-state index is 11.0. The smallest absolute Gasteiger partial charge is 0.292 e. The quantitative estimate of drug-likeness (QED) is 0.617. The van der Waals surface area contributed by atoms with E-state index in [1.807, 2.05) is 12.1 Å². The predicted octanol–water partition coefficient (Wildman–Crippen LogP) is 1.25. The fourth-order valence-electron chi connectivity index (χ4n) is 2.94. The van der Waals surface area contributed by atoms with Crippen LogP contribution in [0.5, 0.6) is 0 Å². The van der Waals surface area contributed by atoms with Crippen molar-refractivity contribution < 1.29 is 4.92 Å². The van der Waals surface area contributed by atoms with Gasteiger partial charge in [0.05, 0.1) is 4.92 Å². The average Bonchev–Trinajstić information content (AvgIpc) is 2.88. The van der Waals surface area contributed by atoms with Gasteiger partial charge in [0.15, 0.2) is 0 Å². The topological polar surface area (TPSA) is 58.4 Å². The van der Waals surface area contributed by atoms with Crippen LogP contribution in [-0.4, -0.2) is 31.1 Å². The molecule has 1 aromatic carbocycles. The van der Waals surface area contributed by atoms with Gasteiger partial charge < -0.3 is 10.2 Å². The summed E-state index contributed by atoms with van der Waals surface area (Å²) in [7, 11) is 0. The molecular weight excluding hydrogens is 218 g/mol. The lowest BCUT2D eigenvalue weighted by atomic mass is 10.0. The van der Waals surface area contributed by atoms with Crippen molar-refractivity contribution in [2.24, 2.45) is 11.8 Å². The molecule has 2 heterocycles. The summed E-state index contributed by atoms with van der Waals surface area (Å²) in [5.41, 5.74) is 0.993. The Bertz CT molecular complexity index is 437. The molecule has 2 atom stereocenters. The summed E-state index contributed by atoms with van der Waals surface area (Å²) in [5, 5.41) is 14.4. The molecular formula is C12H15N3O2. The van der Waals surface area contributed by atoms with E-state index in [0.29, 0.717) is 11.8 Å². The van der Waals surface area contributed by atoms with Crippen LogP contribution in [-0.2, 0) is 0 Å². The van der Waals surface area contributed by atoms with Crippen molar-refractivity contribution >= 4 is 11.4 Å². The summed E-state index contributed by atoms with van der Waals surface area (Å²) < 4.78 is 0. The number of rotatable bonds is 2. The lowest BCUT2D eigenvalue weighted by molar-refractivity contribution is -0.384. The molecule has 3 rings (SSSR count). The first-order chi connectivity index (χ1) is 8.25. The highest BCUT2D eigenvalue weighted by Gasteiger charge is 2.37. The van der Waals surface area contributed by atoms with E-state index in [-0.39, 0.29) is 10.6 Å². The first-order valence-electron chi connectivity index (χ1n) is 5.95. The van der Waals surface area contributed by atoms with Crippen LogP contribution in [0.15, 0.2) is 24.3 Å². The monoisotopic (exact) mass is 233 g/mol. The van der Waals surface area contributed by atoms with E-state index in [9.17, 15) is 10.1 Å². The zero-order valence-corrected chi connectivity index (χ0v) is 9.50. The first-order valence-corrected chi connectivity index (χ1v) is 5.95. The first kappa shape index (κ1) is 10.5. The standard InChI is InChI=1S/C12H15N3O2/c16-15(17)12-4-2-1-3-11(12)14-7-9-5-13-6-10(9)8-14/h1-4,9-10,13H,5-8H2. The number of nitrogens with one attached hydrogen (secondary N) is 1. The highest BCUT2D eigenvalue weighted by Crippen LogP contribution is 2.35. The largest absolute Gasteiger partial charge is 0.365 e. The molecule has 2 unspecified atom stereocenters. The Labute approximate surface area is 99.6 Å². The third-order valence-electron chi connectivity index (χ3n) is 3.81. The Morgan fingerprint density at radius 1 is 1.24 bits per heavy atom. The van der Waals surface area contributed by atoms with E-state index in [1.165, 1.54) is 0 Å². The summed E-state index contributed by atoms with van der Waals surface area (Å²) in [5.74, 6) is 1.30. The molecule has 2 saturated heterocycles. The van der Waals surface area contributed by atoms with Gasteiger partial charge in [-0.05, 0) is 17.9 Å². The second-order valence-electron chi connectivity index (χ2n) is 4.83. The molecule has 1 aromatic rings. The highest BCUT2D eigenvalue weighted by atomic mass is 16.6. The van der Waals surface area contributed by atoms with E-state index in [2.05, 4.69) is 10.2 Å². The van der Waals surface area contributed by atoms with Crippen LogP contribution in [0.4, 0.5) is 11.4 Å². The van der Waals surface area contributed by atoms with E-state index in [0.717, 1.165) is 31.9 Å². The Morgan fingerprint density at radius 3 is 2.53 bits per heavy atom. The van der Waals surface area contributed by atoms with Gasteiger partial charge in [-0.15, -0.1) is 0 Å². The molecule has 0 radical (unpaired) electrons. The zero-order valence-electron chi connectivity index (χ0n) is 9.50. The molecule has 5 heteroatoms. The van der Waals surface area contributed by atoms with Crippen molar-refractivity contribution in [2.45, 2.75) is 0 Å². The van der Waals surface area contributed by atoms with Gasteiger partial charge in [-0.2, -0.15) is 0 Å². The number of anilines is 1. The molecule has 0 aromatic heterocycles. The molecule has 2 aliphatic rings. The number of nitro groups is 1. The van der Waals surface area contributed by atoms with Crippen molar-refractivity contribution in [1.29, 1.82) is 0 Å². The summed E-state index contributed by atoms with van der Waals surface area (Å²) in [6, 6.07) is 7.03. The number of nitrogens with zero attached hydrogens (tertiary/aromatic N) is 2. The SMILES string of the molecule is O=[N+]([O-])c1ccccc1N1CC2CNCC2C1. The van der Waals surface area contributed by atoms with Gasteiger partial charge in [-0.3, -0.25) is 10.1 Å². The van der Waals surface area contributed by atoms with E-state index < -0.39 is 0 Å². The van der Waals surface area contributed by atoms with Crippen LogP contribution in [0.3, 0.4) is 0 Å². The van der Waals surface area contributed by atoms with Gasteiger partial charge in [0, 0.05) is 32.2 Å². The van der Waals surface area contributed by atoms with E-state index in [4.69, 9.17) is 0 Å². The molecule has 2 aliphatic heterocycles. The van der Waals surface area contributed by atoms with Crippen molar-refractivity contribution in [3.05, 3.63) is 34.4 Å². The summed E-state index contributed by atoms with van der Waals surface area (Å²) in [6.07, 6.45) is 0. The molecule has 90 valence electrons. The normalized spacial score (nSPS) is 27.2. The second kappa shape index (κ2) is 4.00. The maximum absolute atomic E-state index is 11.0. The molecule has 0 aliphatic carbocycles. The minimum absolute atomic E-state index is 0.223. The van der Waals surface area contributed by atoms with E-state index >= 15 is 0 Å². The fourth-order valence-corrected chi connectivity index (χ4v) is 2.94. The van der Waals surface area contributed by atoms with Crippen LogP contribution in [0.2, 0.25) is 0 Å². The van der Waals surface area contributed by atoms with Crippen LogP contribution in [0.25, 0.3) is 0 Å². The molecule has 17 heavy (non-hydrogen) atoms. The zero-order chi connectivity index (χ0) is 11.8. The fraction of sp³-hybridized carbons (Fsp3) is 0.500. The number of para-hydroxylation sites is 2. The lowest BCUT2D eigenvalue weighted by Crippen LogP contribution is -2.25. The summed E-state index contributed by atoms with van der Waals surface area (Å²) in [6.45, 7) is 3.95. The third-order valence-corrected chi connectivity index (χ3v) is 3.81. The van der Waals surface area contributed by atoms with Crippen molar-refractivity contribution in [1.82, 2.24) is 5.32 Å². The molecule has 0 spiro atoms. The average molecular weight is 233 g/mol. The van der Waals surface area contributed by atoms with Crippen LogP contribution >= 0.6 is 0 Å². The molecule has 5 nitrogen and oxygen atoms in total. The van der Waals surface area contributed by atoms with Crippen molar-refractivity contribution in [2.75, 3.05) is 31.1 Å². The molecule has 2 fully saturated rings. The van der Waals surface area contributed by atoms with Crippen LogP contribution in [0, 0.1) is 22.0 Å². The van der Waals surface area contributed by atoms with Crippen molar-refractivity contribution in [3.63, 3.8) is 0 Å². The lowest BCUT2D eigenvalue weighted by Gasteiger charge is -2.19. The number of hydrogen-bond donors (Lipinski definition) is 1. The molecule has 0 saturated carbocycles. The third kappa shape index (κ3) is 1.76. The Balaban J connectivity index is 1.88. The molecule has 1 N–H and O–H groups in total. The predicted molar refractivity (Wildman–Crippen MR) is 65.2 cm³/mol. The summed E-state index contributed by atoms with van der Waals surface area (Å²) >= 11 is 0. The summed E-state index contributed by atoms with van der Waals surface area (Å²) in [4.78, 5) is 12.9. The second-order valence-corrected chi connectivity index (χ2v) is 4.83. The highest BCUT2D eigenvalue weighted by molar-refractivity contribution is 5.63. The minimum Gasteiger partial charge on any atom is -0.365 e. The minimum atomic E-state index is -0.290. The van der Waals surface area contributed by atoms with Gasteiger partial charge in [-0.25, -0.2) is 0 Å². The number of nitro benzene ring substituents is 1.